The number of benzene rings is 2. The molecule has 0 fully saturated rings. The number of hydrogen-bond acceptors (Lipinski definition) is 4. The lowest BCUT2D eigenvalue weighted by Crippen LogP contribution is -2.52. The van der Waals surface area contributed by atoms with Gasteiger partial charge < -0.3 is 10.2 Å². The van der Waals surface area contributed by atoms with E-state index in [-0.39, 0.29) is 24.1 Å². The van der Waals surface area contributed by atoms with E-state index in [1.165, 1.54) is 11.0 Å². The van der Waals surface area contributed by atoms with Crippen molar-refractivity contribution < 1.29 is 18.0 Å². The molecule has 0 radical (unpaired) electrons. The number of carbonyl (C=O) groups excluding carboxylic acids is 2. The van der Waals surface area contributed by atoms with Gasteiger partial charge in [-0.05, 0) is 43.0 Å². The molecular formula is C25H34ClN3O4S. The molecule has 186 valence electrons. The number of sulfonamides is 1. The van der Waals surface area contributed by atoms with Crippen LogP contribution in [0.2, 0.25) is 5.02 Å². The number of nitrogens with one attached hydrogen (secondary N) is 1. The Labute approximate surface area is 208 Å². The molecule has 0 unspecified atom stereocenters. The summed E-state index contributed by atoms with van der Waals surface area (Å²) < 4.78 is 26.2. The van der Waals surface area contributed by atoms with Crippen LogP contribution in [0, 0.1) is 12.8 Å². The Kier molecular flexibility index (Phi) is 9.94. The molecule has 0 bridgehead atoms. The van der Waals surface area contributed by atoms with Crippen LogP contribution in [0.25, 0.3) is 0 Å². The number of halogens is 1. The Morgan fingerprint density at radius 1 is 1.09 bits per heavy atom. The van der Waals surface area contributed by atoms with Crippen LogP contribution in [0.3, 0.4) is 0 Å². The molecule has 0 aliphatic heterocycles. The Balaban J connectivity index is 2.41. The monoisotopic (exact) mass is 507 g/mol. The highest BCUT2D eigenvalue weighted by molar-refractivity contribution is 7.92. The molecule has 0 saturated heterocycles. The van der Waals surface area contributed by atoms with Gasteiger partial charge in [-0.25, -0.2) is 8.42 Å². The van der Waals surface area contributed by atoms with Crippen LogP contribution in [0.4, 0.5) is 5.69 Å². The number of carbonyl (C=O) groups is 2. The summed E-state index contributed by atoms with van der Waals surface area (Å²) in [5, 5.41) is 3.26. The van der Waals surface area contributed by atoms with Crippen molar-refractivity contribution in [2.45, 2.75) is 46.7 Å². The Morgan fingerprint density at radius 2 is 1.74 bits per heavy atom. The summed E-state index contributed by atoms with van der Waals surface area (Å²) in [6.45, 7) is 8.01. The van der Waals surface area contributed by atoms with Crippen LogP contribution in [0.5, 0.6) is 0 Å². The zero-order chi connectivity index (χ0) is 25.5. The fraction of sp³-hybridized carbons (Fsp3) is 0.440. The van der Waals surface area contributed by atoms with Crippen LogP contribution in [-0.4, -0.2) is 50.5 Å². The number of aryl methyl sites for hydroxylation is 1. The van der Waals surface area contributed by atoms with E-state index >= 15 is 0 Å². The molecule has 34 heavy (non-hydrogen) atoms. The van der Waals surface area contributed by atoms with Crippen molar-refractivity contribution in [1.82, 2.24) is 10.2 Å². The minimum atomic E-state index is -3.79. The van der Waals surface area contributed by atoms with Crippen molar-refractivity contribution >= 4 is 39.1 Å². The number of rotatable bonds is 11. The third-order valence-electron chi connectivity index (χ3n) is 5.32. The molecule has 2 aromatic rings. The molecule has 0 heterocycles. The minimum Gasteiger partial charge on any atom is -0.354 e. The first-order valence-corrected chi connectivity index (χ1v) is 13.5. The smallest absolute Gasteiger partial charge is 0.244 e. The number of anilines is 1. The van der Waals surface area contributed by atoms with Gasteiger partial charge in [-0.15, -0.1) is 0 Å². The van der Waals surface area contributed by atoms with Crippen LogP contribution >= 0.6 is 11.6 Å². The van der Waals surface area contributed by atoms with Crippen molar-refractivity contribution in [2.24, 2.45) is 5.92 Å². The summed E-state index contributed by atoms with van der Waals surface area (Å²) in [5.74, 6) is -0.478. The summed E-state index contributed by atoms with van der Waals surface area (Å²) in [7, 11) is -3.79. The molecule has 9 heteroatoms. The summed E-state index contributed by atoms with van der Waals surface area (Å²) in [6.07, 6.45) is 1.43. The molecule has 0 spiro atoms. The predicted octanol–water partition coefficient (Wildman–Crippen LogP) is 3.99. The average Bonchev–Trinajstić information content (AvgIpc) is 2.76. The van der Waals surface area contributed by atoms with Gasteiger partial charge in [-0.1, -0.05) is 68.3 Å². The summed E-state index contributed by atoms with van der Waals surface area (Å²) >= 11 is 6.06. The average molecular weight is 508 g/mol. The minimum absolute atomic E-state index is 0.180. The van der Waals surface area contributed by atoms with Gasteiger partial charge in [0.25, 0.3) is 0 Å². The maximum absolute atomic E-state index is 13.6. The number of nitrogens with zero attached hydrogens (tertiary/aromatic N) is 2. The lowest BCUT2D eigenvalue weighted by atomic mass is 10.1. The highest BCUT2D eigenvalue weighted by Gasteiger charge is 2.31. The second-order valence-electron chi connectivity index (χ2n) is 8.82. The zero-order valence-corrected chi connectivity index (χ0v) is 22.0. The summed E-state index contributed by atoms with van der Waals surface area (Å²) in [6, 6.07) is 13.3. The van der Waals surface area contributed by atoms with Gasteiger partial charge in [0.2, 0.25) is 21.8 Å². The molecule has 7 nitrogen and oxygen atoms in total. The first kappa shape index (κ1) is 27.7. The van der Waals surface area contributed by atoms with E-state index in [1.807, 2.05) is 52.0 Å². The molecular weight excluding hydrogens is 474 g/mol. The van der Waals surface area contributed by atoms with E-state index < -0.39 is 28.5 Å². The molecule has 1 N–H and O–H groups in total. The van der Waals surface area contributed by atoms with Gasteiger partial charge in [0.1, 0.15) is 12.6 Å². The number of amides is 2. The predicted molar refractivity (Wildman–Crippen MR) is 137 cm³/mol. The lowest BCUT2D eigenvalue weighted by molar-refractivity contribution is -0.140. The largest absolute Gasteiger partial charge is 0.354 e. The molecule has 2 rings (SSSR count). The molecule has 0 aliphatic rings. The second kappa shape index (κ2) is 12.2. The Bertz CT molecular complexity index is 1090. The van der Waals surface area contributed by atoms with Gasteiger partial charge in [-0.3, -0.25) is 13.9 Å². The molecule has 2 amide bonds. The van der Waals surface area contributed by atoms with Crippen LogP contribution < -0.4 is 9.62 Å². The summed E-state index contributed by atoms with van der Waals surface area (Å²) in [4.78, 5) is 28.1. The highest BCUT2D eigenvalue weighted by Crippen LogP contribution is 2.23. The molecule has 0 saturated carbocycles. The van der Waals surface area contributed by atoms with E-state index in [0.29, 0.717) is 18.0 Å². The fourth-order valence-electron chi connectivity index (χ4n) is 3.48. The van der Waals surface area contributed by atoms with E-state index in [9.17, 15) is 18.0 Å². The maximum Gasteiger partial charge on any atom is 0.244 e. The quantitative estimate of drug-likeness (QED) is 0.498. The van der Waals surface area contributed by atoms with E-state index in [1.54, 1.807) is 18.2 Å². The number of hydrogen-bond donors (Lipinski definition) is 1. The third-order valence-corrected chi connectivity index (χ3v) is 6.70. The molecule has 0 aromatic heterocycles. The third kappa shape index (κ3) is 8.02. The van der Waals surface area contributed by atoms with Crippen molar-refractivity contribution in [2.75, 3.05) is 23.7 Å². The van der Waals surface area contributed by atoms with Crippen molar-refractivity contribution in [1.29, 1.82) is 0 Å². The molecule has 0 aliphatic carbocycles. The van der Waals surface area contributed by atoms with Crippen molar-refractivity contribution in [3.63, 3.8) is 0 Å². The standard InChI is InChI=1S/C25H34ClN3O4S/c1-6-23(25(31)27-15-18(2)3)28(16-20-12-10-19(4)11-13-20)24(30)17-29(34(5,32)33)22-9-7-8-21(26)14-22/h7-14,18,23H,6,15-17H2,1-5H3,(H,27,31)/t23-/m1/s1. The second-order valence-corrected chi connectivity index (χ2v) is 11.2. The molecule has 2 aromatic carbocycles. The van der Waals surface area contributed by atoms with E-state index in [2.05, 4.69) is 5.32 Å². The van der Waals surface area contributed by atoms with E-state index in [0.717, 1.165) is 21.7 Å². The maximum atomic E-state index is 13.6. The zero-order valence-electron chi connectivity index (χ0n) is 20.4. The fourth-order valence-corrected chi connectivity index (χ4v) is 4.50. The van der Waals surface area contributed by atoms with Crippen LogP contribution in [0.15, 0.2) is 48.5 Å². The van der Waals surface area contributed by atoms with Gasteiger partial charge in [-0.2, -0.15) is 0 Å². The Morgan fingerprint density at radius 3 is 2.26 bits per heavy atom. The highest BCUT2D eigenvalue weighted by atomic mass is 35.5. The van der Waals surface area contributed by atoms with Crippen molar-refractivity contribution in [3.05, 3.63) is 64.7 Å². The van der Waals surface area contributed by atoms with Gasteiger partial charge in [0.15, 0.2) is 0 Å². The summed E-state index contributed by atoms with van der Waals surface area (Å²) in [5.41, 5.74) is 2.21. The van der Waals surface area contributed by atoms with Gasteiger partial charge in [0.05, 0.1) is 11.9 Å². The van der Waals surface area contributed by atoms with Crippen LogP contribution in [0.1, 0.15) is 38.3 Å². The van der Waals surface area contributed by atoms with Gasteiger partial charge >= 0.3 is 0 Å². The molecule has 1 atom stereocenters. The normalized spacial score (nSPS) is 12.3. The lowest BCUT2D eigenvalue weighted by Gasteiger charge is -2.33. The van der Waals surface area contributed by atoms with Crippen LogP contribution in [-0.2, 0) is 26.2 Å². The van der Waals surface area contributed by atoms with Gasteiger partial charge in [0, 0.05) is 18.1 Å². The SMILES string of the molecule is CC[C@H](C(=O)NCC(C)C)N(Cc1ccc(C)cc1)C(=O)CN(c1cccc(Cl)c1)S(C)(=O)=O. The first-order chi connectivity index (χ1) is 15.9. The van der Waals surface area contributed by atoms with E-state index in [4.69, 9.17) is 11.6 Å². The Hall–Kier alpha value is -2.58. The van der Waals surface area contributed by atoms with Crippen molar-refractivity contribution in [3.8, 4) is 0 Å². The topological polar surface area (TPSA) is 86.8 Å². The first-order valence-electron chi connectivity index (χ1n) is 11.3.